The minimum atomic E-state index is -0.116. The molecular formula is C12H20N4O2. The maximum absolute atomic E-state index is 11.8. The Kier molecular flexibility index (Phi) is 4.58. The van der Waals surface area contributed by atoms with Crippen LogP contribution in [0.4, 0.5) is 5.95 Å². The van der Waals surface area contributed by atoms with Gasteiger partial charge in [0.25, 0.3) is 5.91 Å². The van der Waals surface area contributed by atoms with E-state index in [0.29, 0.717) is 25.5 Å². The summed E-state index contributed by atoms with van der Waals surface area (Å²) >= 11 is 0. The average Bonchev–Trinajstić information content (AvgIpc) is 2.82. The maximum atomic E-state index is 11.8. The summed E-state index contributed by atoms with van der Waals surface area (Å²) in [6, 6.07) is 0. The zero-order valence-electron chi connectivity index (χ0n) is 10.7. The Morgan fingerprint density at radius 1 is 1.67 bits per heavy atom. The van der Waals surface area contributed by atoms with Crippen LogP contribution in [0.1, 0.15) is 30.3 Å². The van der Waals surface area contributed by atoms with Gasteiger partial charge in [-0.3, -0.25) is 4.79 Å². The summed E-state index contributed by atoms with van der Waals surface area (Å²) in [5.41, 5.74) is 0.482. The van der Waals surface area contributed by atoms with E-state index < -0.39 is 0 Å². The largest absolute Gasteiger partial charge is 0.382 e. The van der Waals surface area contributed by atoms with Crippen LogP contribution in [0.3, 0.4) is 0 Å². The number of nitrogens with one attached hydrogen (secondary N) is 2. The Hall–Kier alpha value is -1.56. The third-order valence-electron chi connectivity index (χ3n) is 2.82. The molecule has 2 rings (SSSR count). The SMILES string of the molecule is CCOCCCNC(=O)c1cn2c(n1)NCCC2. The third kappa shape index (κ3) is 3.22. The topological polar surface area (TPSA) is 68.2 Å². The molecule has 1 amide bonds. The van der Waals surface area contributed by atoms with Gasteiger partial charge in [-0.15, -0.1) is 0 Å². The molecule has 0 aromatic carbocycles. The van der Waals surface area contributed by atoms with Gasteiger partial charge in [0.1, 0.15) is 5.69 Å². The molecule has 0 bridgehead atoms. The van der Waals surface area contributed by atoms with Crippen LogP contribution < -0.4 is 10.6 Å². The highest BCUT2D eigenvalue weighted by atomic mass is 16.5. The second-order valence-electron chi connectivity index (χ2n) is 4.23. The van der Waals surface area contributed by atoms with Gasteiger partial charge in [0.15, 0.2) is 0 Å². The zero-order chi connectivity index (χ0) is 12.8. The van der Waals surface area contributed by atoms with Crippen LogP contribution >= 0.6 is 0 Å². The lowest BCUT2D eigenvalue weighted by Gasteiger charge is -2.14. The molecule has 0 aliphatic carbocycles. The monoisotopic (exact) mass is 252 g/mol. The zero-order valence-corrected chi connectivity index (χ0v) is 10.7. The van der Waals surface area contributed by atoms with E-state index >= 15 is 0 Å². The Balaban J connectivity index is 1.80. The lowest BCUT2D eigenvalue weighted by Crippen LogP contribution is -2.25. The molecule has 0 radical (unpaired) electrons. The number of carbonyl (C=O) groups is 1. The first kappa shape index (κ1) is 12.9. The fraction of sp³-hybridized carbons (Fsp3) is 0.667. The van der Waals surface area contributed by atoms with Crippen LogP contribution in [0.25, 0.3) is 0 Å². The summed E-state index contributed by atoms with van der Waals surface area (Å²) < 4.78 is 7.19. The molecule has 1 aromatic heterocycles. The van der Waals surface area contributed by atoms with E-state index in [1.165, 1.54) is 0 Å². The maximum Gasteiger partial charge on any atom is 0.271 e. The number of nitrogens with zero attached hydrogens (tertiary/aromatic N) is 2. The molecule has 0 atom stereocenters. The van der Waals surface area contributed by atoms with Gasteiger partial charge in [-0.2, -0.15) is 0 Å². The van der Waals surface area contributed by atoms with E-state index in [1.807, 2.05) is 11.5 Å². The highest BCUT2D eigenvalue weighted by Crippen LogP contribution is 2.13. The summed E-state index contributed by atoms with van der Waals surface area (Å²) in [5, 5.41) is 6.02. The van der Waals surface area contributed by atoms with Crippen molar-refractivity contribution in [1.29, 1.82) is 0 Å². The second-order valence-corrected chi connectivity index (χ2v) is 4.23. The predicted octanol–water partition coefficient (Wildman–Crippen LogP) is 0.855. The van der Waals surface area contributed by atoms with Gasteiger partial charge in [0.05, 0.1) is 0 Å². The smallest absolute Gasteiger partial charge is 0.271 e. The molecule has 6 heteroatoms. The van der Waals surface area contributed by atoms with Gasteiger partial charge in [-0.1, -0.05) is 0 Å². The van der Waals surface area contributed by atoms with Crippen LogP contribution in [0.5, 0.6) is 0 Å². The number of hydrogen-bond acceptors (Lipinski definition) is 4. The van der Waals surface area contributed by atoms with E-state index in [0.717, 1.165) is 31.9 Å². The van der Waals surface area contributed by atoms with Crippen molar-refractivity contribution in [2.45, 2.75) is 26.3 Å². The number of ether oxygens (including phenoxy) is 1. The quantitative estimate of drug-likeness (QED) is 0.737. The number of hydrogen-bond donors (Lipinski definition) is 2. The van der Waals surface area contributed by atoms with Gasteiger partial charge in [0.2, 0.25) is 5.95 Å². The van der Waals surface area contributed by atoms with Crippen LogP contribution in [0, 0.1) is 0 Å². The van der Waals surface area contributed by atoms with Crippen LogP contribution in [0.2, 0.25) is 0 Å². The molecular weight excluding hydrogens is 232 g/mol. The van der Waals surface area contributed by atoms with Gasteiger partial charge >= 0.3 is 0 Å². The first-order chi connectivity index (χ1) is 8.81. The highest BCUT2D eigenvalue weighted by molar-refractivity contribution is 5.92. The summed E-state index contributed by atoms with van der Waals surface area (Å²) in [5.74, 6) is 0.677. The number of aromatic nitrogens is 2. The molecule has 6 nitrogen and oxygen atoms in total. The number of carbonyl (C=O) groups excluding carboxylic acids is 1. The van der Waals surface area contributed by atoms with Crippen molar-refractivity contribution in [2.24, 2.45) is 0 Å². The molecule has 0 spiro atoms. The van der Waals surface area contributed by atoms with Gasteiger partial charge < -0.3 is 19.9 Å². The summed E-state index contributed by atoms with van der Waals surface area (Å²) in [4.78, 5) is 16.1. The van der Waals surface area contributed by atoms with Crippen LogP contribution in [0.15, 0.2) is 6.20 Å². The highest BCUT2D eigenvalue weighted by Gasteiger charge is 2.15. The van der Waals surface area contributed by atoms with Crippen molar-refractivity contribution in [2.75, 3.05) is 31.6 Å². The van der Waals surface area contributed by atoms with Crippen molar-refractivity contribution in [1.82, 2.24) is 14.9 Å². The summed E-state index contributed by atoms with van der Waals surface area (Å²) in [6.45, 7) is 5.82. The van der Waals surface area contributed by atoms with Crippen LogP contribution in [-0.4, -0.2) is 41.8 Å². The van der Waals surface area contributed by atoms with Crippen LogP contribution in [-0.2, 0) is 11.3 Å². The molecule has 2 N–H and O–H groups in total. The standard InChI is InChI=1S/C12H20N4O2/c1-2-18-8-4-6-13-11(17)10-9-16-7-3-5-14-12(16)15-10/h9H,2-8H2,1H3,(H,13,17)(H,14,15). The predicted molar refractivity (Wildman–Crippen MR) is 68.8 cm³/mol. The first-order valence-corrected chi connectivity index (χ1v) is 6.48. The van der Waals surface area contributed by atoms with Crippen molar-refractivity contribution in [3.8, 4) is 0 Å². The molecule has 0 fully saturated rings. The van der Waals surface area contributed by atoms with Crippen molar-refractivity contribution >= 4 is 11.9 Å². The van der Waals surface area contributed by atoms with E-state index in [2.05, 4.69) is 15.6 Å². The average molecular weight is 252 g/mol. The summed E-state index contributed by atoms with van der Waals surface area (Å²) in [6.07, 6.45) is 3.70. The molecule has 1 aliphatic rings. The van der Waals surface area contributed by atoms with Crippen molar-refractivity contribution in [3.63, 3.8) is 0 Å². The molecule has 0 unspecified atom stereocenters. The van der Waals surface area contributed by atoms with E-state index in [-0.39, 0.29) is 5.91 Å². The lowest BCUT2D eigenvalue weighted by molar-refractivity contribution is 0.0939. The molecule has 1 aromatic rings. The minimum absolute atomic E-state index is 0.116. The number of amides is 1. The minimum Gasteiger partial charge on any atom is -0.382 e. The Labute approximate surface area is 107 Å². The third-order valence-corrected chi connectivity index (χ3v) is 2.82. The molecule has 18 heavy (non-hydrogen) atoms. The Morgan fingerprint density at radius 2 is 2.56 bits per heavy atom. The van der Waals surface area contributed by atoms with E-state index in [4.69, 9.17) is 4.74 Å². The van der Waals surface area contributed by atoms with E-state index in [1.54, 1.807) is 6.20 Å². The first-order valence-electron chi connectivity index (χ1n) is 6.48. The van der Waals surface area contributed by atoms with Gasteiger partial charge in [0, 0.05) is 39.0 Å². The molecule has 2 heterocycles. The van der Waals surface area contributed by atoms with Crippen molar-refractivity contribution < 1.29 is 9.53 Å². The molecule has 100 valence electrons. The summed E-state index contributed by atoms with van der Waals surface area (Å²) in [7, 11) is 0. The second kappa shape index (κ2) is 6.39. The van der Waals surface area contributed by atoms with Gasteiger partial charge in [-0.25, -0.2) is 4.98 Å². The fourth-order valence-corrected chi connectivity index (χ4v) is 1.90. The van der Waals surface area contributed by atoms with Gasteiger partial charge in [-0.05, 0) is 19.8 Å². The number of aryl methyl sites for hydroxylation is 1. The lowest BCUT2D eigenvalue weighted by atomic mass is 10.3. The Morgan fingerprint density at radius 3 is 3.33 bits per heavy atom. The molecule has 1 aliphatic heterocycles. The molecule has 0 saturated carbocycles. The number of anilines is 1. The number of fused-ring (bicyclic) bond motifs is 1. The fourth-order valence-electron chi connectivity index (χ4n) is 1.90. The Bertz CT molecular complexity index is 379. The number of imidazole rings is 1. The number of rotatable bonds is 6. The molecule has 0 saturated heterocycles. The van der Waals surface area contributed by atoms with Crippen molar-refractivity contribution in [3.05, 3.63) is 11.9 Å². The normalized spacial score (nSPS) is 13.8. The van der Waals surface area contributed by atoms with E-state index in [9.17, 15) is 4.79 Å².